The molecule has 1 amide bonds. The molecule has 0 heterocycles. The Hall–Kier alpha value is -3.16. The van der Waals surface area contributed by atoms with Crippen molar-refractivity contribution in [3.05, 3.63) is 90.0 Å². The number of hydrogen-bond acceptors (Lipinski definition) is 4. The minimum atomic E-state index is -3.61. The number of ether oxygens (including phenoxy) is 1. The molecule has 0 atom stereocenters. The number of rotatable bonds is 8. The highest BCUT2D eigenvalue weighted by Gasteiger charge is 2.14. The summed E-state index contributed by atoms with van der Waals surface area (Å²) in [4.78, 5) is 12.4. The second-order valence-electron chi connectivity index (χ2n) is 6.34. The standard InChI is InChI=1S/C22H22N2O4S/c1-28-20-11-7-18(8-12-20)22(25)24-19-9-13-21(14-10-19)29(26,27)23-16-15-17-5-3-2-4-6-17/h2-14,23H,15-16H2,1H3,(H,24,25). The zero-order chi connectivity index (χ0) is 20.7. The number of nitrogens with one attached hydrogen (secondary N) is 2. The molecule has 2 N–H and O–H groups in total. The minimum Gasteiger partial charge on any atom is -0.497 e. The highest BCUT2D eigenvalue weighted by molar-refractivity contribution is 7.89. The van der Waals surface area contributed by atoms with Gasteiger partial charge in [-0.05, 0) is 60.5 Å². The summed E-state index contributed by atoms with van der Waals surface area (Å²) in [6.07, 6.45) is 0.607. The number of carbonyl (C=O) groups excluding carboxylic acids is 1. The average molecular weight is 410 g/mol. The lowest BCUT2D eigenvalue weighted by Gasteiger charge is -2.09. The van der Waals surface area contributed by atoms with Crippen LogP contribution in [0.15, 0.2) is 83.8 Å². The highest BCUT2D eigenvalue weighted by Crippen LogP contribution is 2.16. The molecule has 6 nitrogen and oxygen atoms in total. The molecule has 0 unspecified atom stereocenters. The predicted octanol–water partition coefficient (Wildman–Crippen LogP) is 3.47. The lowest BCUT2D eigenvalue weighted by molar-refractivity contribution is 0.102. The molecule has 0 saturated heterocycles. The van der Waals surface area contributed by atoms with E-state index in [-0.39, 0.29) is 10.8 Å². The second kappa shape index (κ2) is 9.36. The number of benzene rings is 3. The molecule has 0 fully saturated rings. The summed E-state index contributed by atoms with van der Waals surface area (Å²) in [5, 5.41) is 2.74. The molecule has 3 rings (SSSR count). The Morgan fingerprint density at radius 2 is 1.55 bits per heavy atom. The lowest BCUT2D eigenvalue weighted by Crippen LogP contribution is -2.26. The van der Waals surface area contributed by atoms with Gasteiger partial charge in [-0.1, -0.05) is 30.3 Å². The first kappa shape index (κ1) is 20.6. The SMILES string of the molecule is COc1ccc(C(=O)Nc2ccc(S(=O)(=O)NCCc3ccccc3)cc2)cc1. The molecule has 0 saturated carbocycles. The van der Waals surface area contributed by atoms with E-state index in [9.17, 15) is 13.2 Å². The van der Waals surface area contributed by atoms with Gasteiger partial charge in [0.05, 0.1) is 12.0 Å². The van der Waals surface area contributed by atoms with Crippen molar-refractivity contribution in [2.45, 2.75) is 11.3 Å². The third-order valence-electron chi connectivity index (χ3n) is 4.32. The van der Waals surface area contributed by atoms with E-state index in [0.717, 1.165) is 5.56 Å². The van der Waals surface area contributed by atoms with Gasteiger partial charge in [0.25, 0.3) is 5.91 Å². The van der Waals surface area contributed by atoms with Gasteiger partial charge in [0.2, 0.25) is 10.0 Å². The number of anilines is 1. The maximum Gasteiger partial charge on any atom is 0.255 e. The first-order valence-electron chi connectivity index (χ1n) is 9.07. The third kappa shape index (κ3) is 5.66. The molecule has 0 aliphatic carbocycles. The first-order valence-corrected chi connectivity index (χ1v) is 10.6. The first-order chi connectivity index (χ1) is 14.0. The Labute approximate surface area is 170 Å². The summed E-state index contributed by atoms with van der Waals surface area (Å²) in [5.74, 6) is 0.375. The summed E-state index contributed by atoms with van der Waals surface area (Å²) >= 11 is 0. The maximum absolute atomic E-state index is 12.4. The number of carbonyl (C=O) groups is 1. The molecule has 7 heteroatoms. The van der Waals surface area contributed by atoms with Crippen LogP contribution in [0.5, 0.6) is 5.75 Å². The Balaban J connectivity index is 1.58. The summed E-state index contributed by atoms with van der Waals surface area (Å²) in [7, 11) is -2.06. The van der Waals surface area contributed by atoms with Crippen LogP contribution in [0.1, 0.15) is 15.9 Å². The fourth-order valence-corrected chi connectivity index (χ4v) is 3.75. The van der Waals surface area contributed by atoms with Gasteiger partial charge in [-0.2, -0.15) is 0 Å². The molecular formula is C22H22N2O4S. The molecule has 29 heavy (non-hydrogen) atoms. The normalized spacial score (nSPS) is 11.1. The van der Waals surface area contributed by atoms with Gasteiger partial charge in [-0.25, -0.2) is 13.1 Å². The molecule has 0 bridgehead atoms. The van der Waals surface area contributed by atoms with E-state index in [4.69, 9.17) is 4.74 Å². The lowest BCUT2D eigenvalue weighted by atomic mass is 10.2. The fraction of sp³-hybridized carbons (Fsp3) is 0.136. The molecule has 3 aromatic carbocycles. The van der Waals surface area contributed by atoms with Crippen molar-refractivity contribution in [3.8, 4) is 5.75 Å². The molecular weight excluding hydrogens is 388 g/mol. The Morgan fingerprint density at radius 1 is 0.897 bits per heavy atom. The zero-order valence-corrected chi connectivity index (χ0v) is 16.8. The van der Waals surface area contributed by atoms with Crippen LogP contribution in [0.3, 0.4) is 0 Å². The van der Waals surface area contributed by atoms with Gasteiger partial charge in [-0.3, -0.25) is 4.79 Å². The third-order valence-corrected chi connectivity index (χ3v) is 5.80. The largest absolute Gasteiger partial charge is 0.497 e. The number of hydrogen-bond donors (Lipinski definition) is 2. The van der Waals surface area contributed by atoms with E-state index in [2.05, 4.69) is 10.0 Å². The molecule has 0 radical (unpaired) electrons. The van der Waals surface area contributed by atoms with Gasteiger partial charge in [-0.15, -0.1) is 0 Å². The van der Waals surface area contributed by atoms with Crippen LogP contribution >= 0.6 is 0 Å². The fourth-order valence-electron chi connectivity index (χ4n) is 2.72. The van der Waals surface area contributed by atoms with Crippen molar-refractivity contribution in [1.82, 2.24) is 4.72 Å². The van der Waals surface area contributed by atoms with Crippen molar-refractivity contribution in [2.24, 2.45) is 0 Å². The van der Waals surface area contributed by atoms with E-state index in [1.807, 2.05) is 30.3 Å². The smallest absolute Gasteiger partial charge is 0.255 e. The number of amides is 1. The maximum atomic E-state index is 12.4. The molecule has 150 valence electrons. The van der Waals surface area contributed by atoms with Crippen molar-refractivity contribution >= 4 is 21.6 Å². The van der Waals surface area contributed by atoms with E-state index in [0.29, 0.717) is 30.0 Å². The van der Waals surface area contributed by atoms with Gasteiger partial charge in [0, 0.05) is 17.8 Å². The minimum absolute atomic E-state index is 0.146. The zero-order valence-electron chi connectivity index (χ0n) is 16.0. The summed E-state index contributed by atoms with van der Waals surface area (Å²) in [5.41, 5.74) is 2.05. The van der Waals surface area contributed by atoms with E-state index in [1.54, 1.807) is 43.5 Å². The van der Waals surface area contributed by atoms with Crippen LogP contribution in [-0.2, 0) is 16.4 Å². The monoisotopic (exact) mass is 410 g/mol. The summed E-state index contributed by atoms with van der Waals surface area (Å²) < 4.78 is 32.5. The van der Waals surface area contributed by atoms with Gasteiger partial charge in [0.1, 0.15) is 5.75 Å². The van der Waals surface area contributed by atoms with Gasteiger partial charge in [0.15, 0.2) is 0 Å². The van der Waals surface area contributed by atoms with Crippen LogP contribution in [0.25, 0.3) is 0 Å². The molecule has 0 aliphatic heterocycles. The summed E-state index contributed by atoms with van der Waals surface area (Å²) in [6.45, 7) is 0.308. The van der Waals surface area contributed by atoms with Crippen LogP contribution in [-0.4, -0.2) is 28.0 Å². The molecule has 0 spiro atoms. The van der Waals surface area contributed by atoms with Crippen molar-refractivity contribution < 1.29 is 17.9 Å². The van der Waals surface area contributed by atoms with Crippen molar-refractivity contribution in [2.75, 3.05) is 19.0 Å². The Morgan fingerprint density at radius 3 is 2.17 bits per heavy atom. The van der Waals surface area contributed by atoms with E-state index in [1.165, 1.54) is 12.1 Å². The van der Waals surface area contributed by atoms with Crippen LogP contribution < -0.4 is 14.8 Å². The molecule has 0 aromatic heterocycles. The van der Waals surface area contributed by atoms with Crippen LogP contribution in [0.4, 0.5) is 5.69 Å². The van der Waals surface area contributed by atoms with E-state index >= 15 is 0 Å². The number of sulfonamides is 1. The summed E-state index contributed by atoms with van der Waals surface area (Å²) in [6, 6.07) is 22.4. The average Bonchev–Trinajstić information content (AvgIpc) is 2.75. The van der Waals surface area contributed by atoms with Crippen molar-refractivity contribution in [3.63, 3.8) is 0 Å². The molecule has 3 aromatic rings. The van der Waals surface area contributed by atoms with Crippen LogP contribution in [0, 0.1) is 0 Å². The van der Waals surface area contributed by atoms with Gasteiger partial charge < -0.3 is 10.1 Å². The van der Waals surface area contributed by atoms with Crippen molar-refractivity contribution in [1.29, 1.82) is 0 Å². The Bertz CT molecular complexity index is 1050. The van der Waals surface area contributed by atoms with Gasteiger partial charge >= 0.3 is 0 Å². The topological polar surface area (TPSA) is 84.5 Å². The predicted molar refractivity (Wildman–Crippen MR) is 113 cm³/mol. The second-order valence-corrected chi connectivity index (χ2v) is 8.11. The molecule has 0 aliphatic rings. The quantitative estimate of drug-likeness (QED) is 0.596. The van der Waals surface area contributed by atoms with E-state index < -0.39 is 10.0 Å². The highest BCUT2D eigenvalue weighted by atomic mass is 32.2. The Kier molecular flexibility index (Phi) is 6.64. The number of methoxy groups -OCH3 is 1. The van der Waals surface area contributed by atoms with Crippen LogP contribution in [0.2, 0.25) is 0 Å².